The molecule has 0 saturated carbocycles. The lowest BCUT2D eigenvalue weighted by atomic mass is 9.98. The highest BCUT2D eigenvalue weighted by Crippen LogP contribution is 2.30. The van der Waals surface area contributed by atoms with E-state index in [0.717, 1.165) is 42.8 Å². The lowest BCUT2D eigenvalue weighted by molar-refractivity contribution is -0.138. The summed E-state index contributed by atoms with van der Waals surface area (Å²) in [5.41, 5.74) is 5.98. The second-order valence-corrected chi connectivity index (χ2v) is 13.7. The third-order valence-electron chi connectivity index (χ3n) is 7.46. The van der Waals surface area contributed by atoms with E-state index in [9.17, 15) is 33.6 Å². The monoisotopic (exact) mass is 710 g/mol. The number of nitrogens with two attached hydrogens (primary N) is 1. The van der Waals surface area contributed by atoms with Crippen LogP contribution in [0.15, 0.2) is 0 Å². The molecule has 3 rings (SSSR count). The zero-order valence-electron chi connectivity index (χ0n) is 27.2. The Morgan fingerprint density at radius 2 is 1.67 bits per heavy atom. The van der Waals surface area contributed by atoms with E-state index in [1.165, 1.54) is 28.0 Å². The van der Waals surface area contributed by atoms with Crippen molar-refractivity contribution in [3.8, 4) is 0 Å². The number of fused-ring (bicyclic) bond motifs is 1. The Morgan fingerprint density at radius 1 is 0.938 bits per heavy atom. The lowest BCUT2D eigenvalue weighted by Crippen LogP contribution is -2.36. The van der Waals surface area contributed by atoms with Crippen LogP contribution >= 0.6 is 23.1 Å². The molecule has 1 aliphatic heterocycles. The number of hydrogen-bond acceptors (Lipinski definition) is 12. The summed E-state index contributed by atoms with van der Waals surface area (Å²) in [6, 6.07) is 0.435. The van der Waals surface area contributed by atoms with Crippen molar-refractivity contribution < 1.29 is 38.3 Å². The maximum absolute atomic E-state index is 12.7. The first kappa shape index (κ1) is 38.8. The van der Waals surface area contributed by atoms with Gasteiger partial charge in [-0.25, -0.2) is 4.98 Å². The summed E-state index contributed by atoms with van der Waals surface area (Å²) >= 11 is 2.75. The third-order valence-corrected chi connectivity index (χ3v) is 9.70. The van der Waals surface area contributed by atoms with E-state index in [1.807, 2.05) is 0 Å². The number of nitrogens with zero attached hydrogens (tertiary/aromatic N) is 2. The van der Waals surface area contributed by atoms with Gasteiger partial charge in [-0.1, -0.05) is 6.92 Å². The highest BCUT2D eigenvalue weighted by molar-refractivity contribution is 8.00. The zero-order valence-corrected chi connectivity index (χ0v) is 28.9. The second-order valence-electron chi connectivity index (χ2n) is 11.3. The van der Waals surface area contributed by atoms with Gasteiger partial charge in [0, 0.05) is 68.4 Å². The number of carbonyl (C=O) groups is 7. The summed E-state index contributed by atoms with van der Waals surface area (Å²) < 4.78 is 5.26. The highest BCUT2D eigenvalue weighted by Gasteiger charge is 2.38. The zero-order chi connectivity index (χ0) is 34.9. The second kappa shape index (κ2) is 20.7. The van der Waals surface area contributed by atoms with Crippen LogP contribution in [0, 0.1) is 0 Å². The van der Waals surface area contributed by atoms with Gasteiger partial charge in [-0.05, 0) is 32.2 Å². The van der Waals surface area contributed by atoms with Gasteiger partial charge in [-0.15, -0.1) is 23.1 Å². The van der Waals surface area contributed by atoms with Crippen molar-refractivity contribution >= 4 is 69.6 Å². The van der Waals surface area contributed by atoms with Crippen LogP contribution in [0.2, 0.25) is 0 Å². The predicted octanol–water partition coefficient (Wildman–Crippen LogP) is -0.790. The maximum atomic E-state index is 12.7. The number of anilines is 1. The molecule has 1 aromatic heterocycles. The molecular weight excluding hydrogens is 665 g/mol. The number of amides is 7. The van der Waals surface area contributed by atoms with Crippen LogP contribution in [0.5, 0.6) is 0 Å². The lowest BCUT2D eigenvalue weighted by Gasteiger charge is -2.21. The molecule has 0 spiro atoms. The Morgan fingerprint density at radius 3 is 2.44 bits per heavy atom. The Balaban J connectivity index is 1.22. The fraction of sp³-hybridized carbons (Fsp3) is 0.667. The van der Waals surface area contributed by atoms with Crippen LogP contribution in [0.3, 0.4) is 0 Å². The minimum absolute atomic E-state index is 0.0168. The van der Waals surface area contributed by atoms with Gasteiger partial charge in [0.1, 0.15) is 0 Å². The fourth-order valence-electron chi connectivity index (χ4n) is 4.96. The van der Waals surface area contributed by atoms with Crippen LogP contribution in [-0.2, 0) is 51.1 Å². The van der Waals surface area contributed by atoms with Crippen molar-refractivity contribution in [3.05, 3.63) is 10.6 Å². The van der Waals surface area contributed by atoms with E-state index in [-0.39, 0.29) is 107 Å². The minimum atomic E-state index is -0.644. The standard InChI is InChI=1S/C30H46N8O8S2/c1-2-9-32-19-3-4-20-21(16-19)48-30(36-20)37-27(43)6-5-24(40)34-11-15-47-22-17-28(44)38(29(22)45)12-7-25(41)33-10-14-46-13-8-26(42)35-18-23(31)39/h19,22,32H,2-18H2,1H3,(H2,31,39)(H,33,41)(H,34,40)(H,35,42)(H,36,37,43)/t19-,22?/m0/s1. The van der Waals surface area contributed by atoms with Crippen LogP contribution in [0.1, 0.15) is 62.4 Å². The number of hydrogen-bond donors (Lipinski definition) is 6. The molecule has 0 aromatic carbocycles. The molecule has 0 bridgehead atoms. The molecule has 1 aliphatic carbocycles. The smallest absolute Gasteiger partial charge is 0.242 e. The van der Waals surface area contributed by atoms with Crippen LogP contribution in [-0.4, -0.2) is 114 Å². The van der Waals surface area contributed by atoms with Crippen molar-refractivity contribution in [2.75, 3.05) is 57.0 Å². The molecule has 2 atom stereocenters. The van der Waals surface area contributed by atoms with E-state index < -0.39 is 11.2 Å². The van der Waals surface area contributed by atoms with Crippen LogP contribution in [0.25, 0.3) is 0 Å². The summed E-state index contributed by atoms with van der Waals surface area (Å²) in [5, 5.41) is 14.0. The van der Waals surface area contributed by atoms with Crippen LogP contribution in [0.4, 0.5) is 5.13 Å². The van der Waals surface area contributed by atoms with Gasteiger partial charge < -0.3 is 37.1 Å². The molecule has 1 unspecified atom stereocenters. The van der Waals surface area contributed by atoms with Gasteiger partial charge in [-0.2, -0.15) is 0 Å². The maximum Gasteiger partial charge on any atom is 0.242 e. The minimum Gasteiger partial charge on any atom is -0.379 e. The Hall–Kier alpha value is -3.61. The first-order chi connectivity index (χ1) is 23.0. The summed E-state index contributed by atoms with van der Waals surface area (Å²) in [5.74, 6) is -2.26. The summed E-state index contributed by atoms with van der Waals surface area (Å²) in [4.78, 5) is 90.8. The van der Waals surface area contributed by atoms with Gasteiger partial charge in [0.05, 0.1) is 30.7 Å². The number of rotatable bonds is 22. The van der Waals surface area contributed by atoms with E-state index in [1.54, 1.807) is 0 Å². The normalized spacial score (nSPS) is 17.1. The highest BCUT2D eigenvalue weighted by atomic mass is 32.2. The Labute approximate surface area is 287 Å². The molecule has 2 heterocycles. The molecule has 7 N–H and O–H groups in total. The molecule has 1 saturated heterocycles. The van der Waals surface area contributed by atoms with Gasteiger partial charge in [0.2, 0.25) is 41.4 Å². The largest absolute Gasteiger partial charge is 0.379 e. The predicted molar refractivity (Wildman–Crippen MR) is 180 cm³/mol. The number of likely N-dealkylation sites (tertiary alicyclic amines) is 1. The molecule has 1 aromatic rings. The van der Waals surface area contributed by atoms with Gasteiger partial charge in [0.15, 0.2) is 5.13 Å². The quantitative estimate of drug-likeness (QED) is 0.0645. The van der Waals surface area contributed by atoms with Crippen molar-refractivity contribution in [2.45, 2.75) is 76.0 Å². The Bertz CT molecular complexity index is 1310. The molecular formula is C30H46N8O8S2. The number of carbonyl (C=O) groups excluding carboxylic acids is 7. The van der Waals surface area contributed by atoms with Crippen molar-refractivity contribution in [1.29, 1.82) is 0 Å². The van der Waals surface area contributed by atoms with E-state index >= 15 is 0 Å². The van der Waals surface area contributed by atoms with Crippen molar-refractivity contribution in [1.82, 2.24) is 31.2 Å². The van der Waals surface area contributed by atoms with Crippen molar-refractivity contribution in [3.63, 3.8) is 0 Å². The molecule has 1 fully saturated rings. The van der Waals surface area contributed by atoms with E-state index in [2.05, 4.69) is 38.5 Å². The van der Waals surface area contributed by atoms with Gasteiger partial charge >= 0.3 is 0 Å². The molecule has 266 valence electrons. The topological polar surface area (TPSA) is 231 Å². The Kier molecular flexibility index (Phi) is 16.7. The van der Waals surface area contributed by atoms with E-state index in [0.29, 0.717) is 16.9 Å². The molecule has 0 radical (unpaired) electrons. The number of imide groups is 1. The number of primary amides is 1. The number of ether oxygens (including phenoxy) is 1. The fourth-order valence-corrected chi connectivity index (χ4v) is 7.10. The van der Waals surface area contributed by atoms with Crippen molar-refractivity contribution in [2.24, 2.45) is 5.73 Å². The first-order valence-corrected chi connectivity index (χ1v) is 18.1. The molecule has 16 nitrogen and oxygen atoms in total. The number of nitrogens with one attached hydrogen (secondary N) is 5. The molecule has 7 amide bonds. The summed E-state index contributed by atoms with van der Waals surface area (Å²) in [7, 11) is 0. The first-order valence-electron chi connectivity index (χ1n) is 16.2. The van der Waals surface area contributed by atoms with Gasteiger partial charge in [-0.3, -0.25) is 38.5 Å². The SMILES string of the molecule is CCCN[C@H]1CCc2nc(NC(=O)CCC(=O)NCCSC3CC(=O)N(CCC(=O)NCCOCCC(=O)NCC(N)=O)C3=O)sc2C1. The van der Waals surface area contributed by atoms with Crippen LogP contribution < -0.4 is 32.3 Å². The van der Waals surface area contributed by atoms with Gasteiger partial charge in [0.25, 0.3) is 0 Å². The average Bonchev–Trinajstić information content (AvgIpc) is 3.58. The summed E-state index contributed by atoms with van der Waals surface area (Å²) in [6.45, 7) is 3.56. The average molecular weight is 711 g/mol. The molecule has 18 heteroatoms. The van der Waals surface area contributed by atoms with E-state index in [4.69, 9.17) is 10.5 Å². The third kappa shape index (κ3) is 13.9. The summed E-state index contributed by atoms with van der Waals surface area (Å²) in [6.07, 6.45) is 3.94. The number of thiazole rings is 1. The number of aromatic nitrogens is 1. The number of aryl methyl sites for hydroxylation is 1. The molecule has 2 aliphatic rings. The molecule has 48 heavy (non-hydrogen) atoms. The number of thioether (sulfide) groups is 1.